The summed E-state index contributed by atoms with van der Waals surface area (Å²) in [5.74, 6) is 0.361. The first-order valence-electron chi connectivity index (χ1n) is 7.02. The molecule has 1 aromatic heterocycles. The Hall–Kier alpha value is -1.48. The smallest absolute Gasteiger partial charge is 0.166 e. The van der Waals surface area contributed by atoms with Gasteiger partial charge in [0, 0.05) is 28.7 Å². The minimum atomic E-state index is 0.0753. The van der Waals surface area contributed by atoms with Crippen LogP contribution in [0.4, 0.5) is 0 Å². The standard InChI is InChI=1S/C17H19NOS/c1-17(2,3)14-10-20-15(18-14)9-12-8-11-6-4-5-7-13(11)16(12)19/h4-7,10,12H,8-9H2,1-3H3. The number of hydrogen-bond donors (Lipinski definition) is 0. The Kier molecular flexibility index (Phi) is 3.25. The van der Waals surface area contributed by atoms with Crippen LogP contribution in [0.25, 0.3) is 0 Å². The number of aromatic nitrogens is 1. The molecule has 0 aliphatic heterocycles. The van der Waals surface area contributed by atoms with E-state index < -0.39 is 0 Å². The summed E-state index contributed by atoms with van der Waals surface area (Å²) in [6.45, 7) is 6.51. The summed E-state index contributed by atoms with van der Waals surface area (Å²) >= 11 is 1.68. The van der Waals surface area contributed by atoms with Gasteiger partial charge in [-0.05, 0) is 12.0 Å². The van der Waals surface area contributed by atoms with E-state index in [2.05, 4.69) is 32.2 Å². The van der Waals surface area contributed by atoms with Crippen molar-refractivity contribution in [1.82, 2.24) is 4.98 Å². The molecule has 1 aromatic carbocycles. The van der Waals surface area contributed by atoms with Gasteiger partial charge in [0.2, 0.25) is 0 Å². The average Bonchev–Trinajstić information content (AvgIpc) is 2.97. The Morgan fingerprint density at radius 3 is 2.70 bits per heavy atom. The Balaban J connectivity index is 1.77. The molecule has 0 spiro atoms. The van der Waals surface area contributed by atoms with E-state index in [0.717, 1.165) is 29.1 Å². The molecule has 0 N–H and O–H groups in total. The molecule has 0 saturated heterocycles. The molecule has 0 bridgehead atoms. The number of nitrogens with zero attached hydrogens (tertiary/aromatic N) is 1. The maximum atomic E-state index is 12.4. The van der Waals surface area contributed by atoms with E-state index in [0.29, 0.717) is 0 Å². The maximum Gasteiger partial charge on any atom is 0.166 e. The van der Waals surface area contributed by atoms with Crippen molar-refractivity contribution in [3.05, 3.63) is 51.5 Å². The molecule has 3 heteroatoms. The molecule has 0 saturated carbocycles. The minimum absolute atomic E-state index is 0.0753. The fraction of sp³-hybridized carbons (Fsp3) is 0.412. The predicted octanol–water partition coefficient (Wildman–Crippen LogP) is 4.04. The lowest BCUT2D eigenvalue weighted by atomic mass is 9.93. The Bertz CT molecular complexity index is 651. The summed E-state index contributed by atoms with van der Waals surface area (Å²) in [5.41, 5.74) is 3.30. The molecule has 3 rings (SSSR count). The quantitative estimate of drug-likeness (QED) is 0.833. The number of carbonyl (C=O) groups is 1. The number of hydrogen-bond acceptors (Lipinski definition) is 3. The van der Waals surface area contributed by atoms with Crippen LogP contribution < -0.4 is 0 Å². The third-order valence-electron chi connectivity index (χ3n) is 3.86. The monoisotopic (exact) mass is 285 g/mol. The molecule has 0 amide bonds. The van der Waals surface area contributed by atoms with Crippen LogP contribution in [0.2, 0.25) is 0 Å². The van der Waals surface area contributed by atoms with Crippen LogP contribution in [-0.4, -0.2) is 10.8 Å². The van der Waals surface area contributed by atoms with Crippen LogP contribution in [0.15, 0.2) is 29.6 Å². The lowest BCUT2D eigenvalue weighted by Gasteiger charge is -2.14. The fourth-order valence-electron chi connectivity index (χ4n) is 2.64. The van der Waals surface area contributed by atoms with Crippen molar-refractivity contribution in [1.29, 1.82) is 0 Å². The Morgan fingerprint density at radius 2 is 2.05 bits per heavy atom. The van der Waals surface area contributed by atoms with E-state index in [9.17, 15) is 4.79 Å². The number of benzene rings is 1. The molecule has 1 aliphatic rings. The summed E-state index contributed by atoms with van der Waals surface area (Å²) in [6.07, 6.45) is 1.63. The second kappa shape index (κ2) is 4.81. The van der Waals surface area contributed by atoms with Gasteiger partial charge in [0.25, 0.3) is 0 Å². The zero-order valence-corrected chi connectivity index (χ0v) is 13.0. The van der Waals surface area contributed by atoms with Crippen LogP contribution in [0, 0.1) is 5.92 Å². The highest BCUT2D eigenvalue weighted by atomic mass is 32.1. The van der Waals surface area contributed by atoms with Crippen molar-refractivity contribution in [2.24, 2.45) is 5.92 Å². The van der Waals surface area contributed by atoms with Gasteiger partial charge in [0.15, 0.2) is 5.78 Å². The molecular weight excluding hydrogens is 266 g/mol. The predicted molar refractivity (Wildman–Crippen MR) is 82.5 cm³/mol. The van der Waals surface area contributed by atoms with Gasteiger partial charge >= 0.3 is 0 Å². The largest absolute Gasteiger partial charge is 0.294 e. The van der Waals surface area contributed by atoms with Gasteiger partial charge in [-0.1, -0.05) is 45.0 Å². The highest BCUT2D eigenvalue weighted by Crippen LogP contribution is 2.31. The van der Waals surface area contributed by atoms with Crippen molar-refractivity contribution in [3.8, 4) is 0 Å². The molecule has 1 atom stereocenters. The number of ketones is 1. The number of thiazole rings is 1. The molecule has 1 unspecified atom stereocenters. The van der Waals surface area contributed by atoms with E-state index >= 15 is 0 Å². The Labute approximate surface area is 123 Å². The summed E-state index contributed by atoms with van der Waals surface area (Å²) in [6, 6.07) is 7.96. The van der Waals surface area contributed by atoms with Crippen molar-refractivity contribution in [2.75, 3.05) is 0 Å². The summed E-state index contributed by atoms with van der Waals surface area (Å²) in [5, 5.41) is 3.21. The number of fused-ring (bicyclic) bond motifs is 1. The van der Waals surface area contributed by atoms with Crippen LogP contribution in [0.3, 0.4) is 0 Å². The van der Waals surface area contributed by atoms with Gasteiger partial charge in [0.05, 0.1) is 10.7 Å². The van der Waals surface area contributed by atoms with Crippen molar-refractivity contribution in [2.45, 2.75) is 39.0 Å². The second-order valence-electron chi connectivity index (χ2n) is 6.50. The van der Waals surface area contributed by atoms with Crippen molar-refractivity contribution < 1.29 is 4.79 Å². The van der Waals surface area contributed by atoms with Gasteiger partial charge < -0.3 is 0 Å². The van der Waals surface area contributed by atoms with Gasteiger partial charge in [-0.15, -0.1) is 11.3 Å². The van der Waals surface area contributed by atoms with E-state index in [1.807, 2.05) is 18.2 Å². The second-order valence-corrected chi connectivity index (χ2v) is 7.45. The average molecular weight is 285 g/mol. The molecule has 2 aromatic rings. The van der Waals surface area contributed by atoms with Gasteiger partial charge in [-0.2, -0.15) is 0 Å². The van der Waals surface area contributed by atoms with E-state index in [1.54, 1.807) is 11.3 Å². The summed E-state index contributed by atoms with van der Waals surface area (Å²) in [4.78, 5) is 17.1. The fourth-order valence-corrected chi connectivity index (χ4v) is 3.74. The van der Waals surface area contributed by atoms with Crippen LogP contribution in [-0.2, 0) is 18.3 Å². The molecule has 0 radical (unpaired) electrons. The van der Waals surface area contributed by atoms with Crippen molar-refractivity contribution >= 4 is 17.1 Å². The van der Waals surface area contributed by atoms with Gasteiger partial charge in [0.1, 0.15) is 0 Å². The third-order valence-corrected chi connectivity index (χ3v) is 4.73. The first-order valence-corrected chi connectivity index (χ1v) is 7.90. The lowest BCUT2D eigenvalue weighted by Crippen LogP contribution is -2.14. The summed E-state index contributed by atoms with van der Waals surface area (Å²) in [7, 11) is 0. The highest BCUT2D eigenvalue weighted by molar-refractivity contribution is 7.09. The highest BCUT2D eigenvalue weighted by Gasteiger charge is 2.31. The molecule has 1 heterocycles. The van der Waals surface area contributed by atoms with E-state index in [4.69, 9.17) is 4.98 Å². The van der Waals surface area contributed by atoms with Crippen LogP contribution >= 0.6 is 11.3 Å². The molecule has 1 aliphatic carbocycles. The minimum Gasteiger partial charge on any atom is -0.294 e. The Morgan fingerprint density at radius 1 is 1.30 bits per heavy atom. The third kappa shape index (κ3) is 2.42. The van der Waals surface area contributed by atoms with Gasteiger partial charge in [-0.3, -0.25) is 4.79 Å². The number of carbonyl (C=O) groups excluding carboxylic acids is 1. The van der Waals surface area contributed by atoms with Crippen LogP contribution in [0.1, 0.15) is 47.4 Å². The molecule has 104 valence electrons. The SMILES string of the molecule is CC(C)(C)c1csc(CC2Cc3ccccc3C2=O)n1. The first kappa shape index (κ1) is 13.5. The van der Waals surface area contributed by atoms with Crippen molar-refractivity contribution in [3.63, 3.8) is 0 Å². The van der Waals surface area contributed by atoms with E-state index in [1.165, 1.54) is 5.56 Å². The van der Waals surface area contributed by atoms with E-state index in [-0.39, 0.29) is 17.1 Å². The molecule has 20 heavy (non-hydrogen) atoms. The zero-order chi connectivity index (χ0) is 14.3. The van der Waals surface area contributed by atoms with Crippen LogP contribution in [0.5, 0.6) is 0 Å². The molecular formula is C17H19NOS. The van der Waals surface area contributed by atoms with Gasteiger partial charge in [-0.25, -0.2) is 4.98 Å². The summed E-state index contributed by atoms with van der Waals surface area (Å²) < 4.78 is 0. The molecule has 2 nitrogen and oxygen atoms in total. The molecule has 0 fully saturated rings. The zero-order valence-electron chi connectivity index (χ0n) is 12.1. The first-order chi connectivity index (χ1) is 9.45. The lowest BCUT2D eigenvalue weighted by molar-refractivity contribution is 0.0936. The number of Topliss-reactive ketones (excluding diaryl/α,β-unsaturated/α-hetero) is 1. The normalized spacial score (nSPS) is 18.4. The maximum absolute atomic E-state index is 12.4. The topological polar surface area (TPSA) is 30.0 Å². The number of rotatable bonds is 2.